The van der Waals surface area contributed by atoms with Gasteiger partial charge < -0.3 is 28.4 Å². The lowest BCUT2D eigenvalue weighted by Gasteiger charge is -2.42. The van der Waals surface area contributed by atoms with Crippen molar-refractivity contribution in [1.82, 2.24) is 0 Å². The van der Waals surface area contributed by atoms with Crippen LogP contribution in [0.2, 0.25) is 0 Å². The van der Waals surface area contributed by atoms with E-state index >= 15 is 0 Å². The van der Waals surface area contributed by atoms with Crippen molar-refractivity contribution in [2.75, 3.05) is 13.2 Å². The van der Waals surface area contributed by atoms with Crippen LogP contribution in [-0.4, -0.2) is 61.4 Å². The van der Waals surface area contributed by atoms with E-state index in [4.69, 9.17) is 28.4 Å². The van der Waals surface area contributed by atoms with Gasteiger partial charge in [-0.25, -0.2) is 0 Å². The summed E-state index contributed by atoms with van der Waals surface area (Å²) in [5.74, 6) is -1.05. The monoisotopic (exact) mass is 420 g/mol. The third-order valence-corrected chi connectivity index (χ3v) is 7.39. The van der Waals surface area contributed by atoms with E-state index in [9.17, 15) is 0 Å². The molecule has 0 bridgehead atoms. The van der Waals surface area contributed by atoms with E-state index in [1.807, 2.05) is 0 Å². The Kier molecular flexibility index (Phi) is 6.08. The summed E-state index contributed by atoms with van der Waals surface area (Å²) in [5, 5.41) is 0. The van der Waals surface area contributed by atoms with E-state index in [2.05, 4.69) is 13.2 Å². The summed E-state index contributed by atoms with van der Waals surface area (Å²) in [6, 6.07) is 0. The molecule has 0 aromatic heterocycles. The molecule has 0 aromatic rings. The fraction of sp³-hybridized carbons (Fsp3) is 0.833. The number of rotatable bonds is 6. The van der Waals surface area contributed by atoms with E-state index in [0.717, 1.165) is 51.4 Å². The summed E-state index contributed by atoms with van der Waals surface area (Å²) < 4.78 is 39.3. The summed E-state index contributed by atoms with van der Waals surface area (Å²) in [5.41, 5.74) is 0. The summed E-state index contributed by atoms with van der Waals surface area (Å²) in [6.07, 6.45) is 12.7. The number of hydrogen-bond donors (Lipinski definition) is 0. The molecule has 0 radical (unpaired) electrons. The molecule has 6 heteroatoms. The van der Waals surface area contributed by atoms with Crippen molar-refractivity contribution < 1.29 is 28.4 Å². The molecule has 5 fully saturated rings. The normalized spacial score (nSPS) is 41.5. The Bertz CT molecular complexity index is 541. The standard InChI is InChI=1S/C24H36O6/c1-3-15-25-17-19-21(29-23(27-19)11-7-5-8-12-23)18(26-16-4-2)22-20(17)28-24(30-22)13-9-6-10-14-24/h3-4,17-22H,1-2,5-16H2. The summed E-state index contributed by atoms with van der Waals surface area (Å²) in [6.45, 7) is 8.56. The Morgan fingerprint density at radius 3 is 1.23 bits per heavy atom. The van der Waals surface area contributed by atoms with Crippen LogP contribution >= 0.6 is 0 Å². The van der Waals surface area contributed by atoms with Gasteiger partial charge in [-0.2, -0.15) is 0 Å². The SMILES string of the molecule is C=CCOC1C2OC3(CCCCC3)OC2C(OCC=C)C2OC3(CCCCC3)OC12. The maximum absolute atomic E-state index is 6.67. The number of hydrogen-bond acceptors (Lipinski definition) is 6. The van der Waals surface area contributed by atoms with Gasteiger partial charge in [0, 0.05) is 25.7 Å². The second kappa shape index (κ2) is 8.64. The van der Waals surface area contributed by atoms with E-state index in [1.54, 1.807) is 12.2 Å². The highest BCUT2D eigenvalue weighted by Gasteiger charge is 2.66. The first-order valence-electron chi connectivity index (χ1n) is 11.9. The van der Waals surface area contributed by atoms with Gasteiger partial charge in [0.05, 0.1) is 13.2 Å². The molecule has 0 N–H and O–H groups in total. The van der Waals surface area contributed by atoms with Crippen LogP contribution in [-0.2, 0) is 28.4 Å². The molecule has 2 heterocycles. The van der Waals surface area contributed by atoms with Crippen LogP contribution in [0, 0.1) is 0 Å². The molecule has 30 heavy (non-hydrogen) atoms. The molecule has 6 nitrogen and oxygen atoms in total. The van der Waals surface area contributed by atoms with Gasteiger partial charge in [-0.05, 0) is 25.7 Å². The van der Waals surface area contributed by atoms with Crippen LogP contribution in [0.1, 0.15) is 64.2 Å². The molecule has 4 unspecified atom stereocenters. The Balaban J connectivity index is 1.45. The van der Waals surface area contributed by atoms with Crippen molar-refractivity contribution in [2.45, 2.75) is 112 Å². The second-order valence-electron chi connectivity index (χ2n) is 9.45. The van der Waals surface area contributed by atoms with E-state index in [0.29, 0.717) is 13.2 Å². The zero-order chi connectivity index (χ0) is 20.6. The molecule has 168 valence electrons. The Morgan fingerprint density at radius 1 is 0.600 bits per heavy atom. The van der Waals surface area contributed by atoms with Crippen LogP contribution in [0.25, 0.3) is 0 Å². The minimum absolute atomic E-state index is 0.235. The molecule has 2 aliphatic heterocycles. The van der Waals surface area contributed by atoms with Gasteiger partial charge in [-0.1, -0.05) is 25.0 Å². The minimum atomic E-state index is -0.527. The van der Waals surface area contributed by atoms with E-state index in [-0.39, 0.29) is 36.6 Å². The van der Waals surface area contributed by atoms with Gasteiger partial charge in [0.25, 0.3) is 0 Å². The quantitative estimate of drug-likeness (QED) is 0.605. The third kappa shape index (κ3) is 3.70. The highest BCUT2D eigenvalue weighted by molar-refractivity contribution is 5.11. The van der Waals surface area contributed by atoms with Crippen LogP contribution in [0.3, 0.4) is 0 Å². The molecular formula is C24H36O6. The van der Waals surface area contributed by atoms with Gasteiger partial charge in [-0.15, -0.1) is 13.2 Å². The molecule has 3 aliphatic carbocycles. The fourth-order valence-corrected chi connectivity index (χ4v) is 6.10. The lowest BCUT2D eigenvalue weighted by molar-refractivity contribution is -0.227. The topological polar surface area (TPSA) is 55.4 Å². The molecule has 2 spiro atoms. The van der Waals surface area contributed by atoms with Crippen molar-refractivity contribution in [3.8, 4) is 0 Å². The van der Waals surface area contributed by atoms with Crippen molar-refractivity contribution in [1.29, 1.82) is 0 Å². The van der Waals surface area contributed by atoms with Gasteiger partial charge in [0.2, 0.25) is 0 Å². The molecule has 4 atom stereocenters. The van der Waals surface area contributed by atoms with Crippen molar-refractivity contribution in [3.05, 3.63) is 25.3 Å². The maximum Gasteiger partial charge on any atom is 0.169 e. The molecule has 5 aliphatic rings. The lowest BCUT2D eigenvalue weighted by atomic mass is 9.84. The minimum Gasteiger partial charge on any atom is -0.369 e. The zero-order valence-corrected chi connectivity index (χ0v) is 18.0. The van der Waals surface area contributed by atoms with Gasteiger partial charge in [0.15, 0.2) is 11.6 Å². The van der Waals surface area contributed by atoms with Crippen molar-refractivity contribution in [3.63, 3.8) is 0 Å². The van der Waals surface area contributed by atoms with Crippen LogP contribution in [0.4, 0.5) is 0 Å². The van der Waals surface area contributed by atoms with Crippen LogP contribution in [0.5, 0.6) is 0 Å². The first-order valence-corrected chi connectivity index (χ1v) is 11.9. The molecule has 0 amide bonds. The average molecular weight is 421 g/mol. The predicted molar refractivity (Wildman–Crippen MR) is 111 cm³/mol. The van der Waals surface area contributed by atoms with Gasteiger partial charge >= 0.3 is 0 Å². The fourth-order valence-electron chi connectivity index (χ4n) is 6.10. The van der Waals surface area contributed by atoms with Crippen molar-refractivity contribution >= 4 is 0 Å². The smallest absolute Gasteiger partial charge is 0.169 e. The summed E-state index contributed by atoms with van der Waals surface area (Å²) >= 11 is 0. The maximum atomic E-state index is 6.67. The third-order valence-electron chi connectivity index (χ3n) is 7.39. The molecule has 3 saturated carbocycles. The Morgan fingerprint density at radius 2 is 0.933 bits per heavy atom. The number of ether oxygens (including phenoxy) is 6. The molecule has 0 aromatic carbocycles. The summed E-state index contributed by atoms with van der Waals surface area (Å²) in [4.78, 5) is 0. The highest BCUT2D eigenvalue weighted by Crippen LogP contribution is 2.52. The Hall–Kier alpha value is -0.760. The molecule has 2 saturated heterocycles. The Labute approximate surface area is 179 Å². The predicted octanol–water partition coefficient (Wildman–Crippen LogP) is 4.03. The van der Waals surface area contributed by atoms with Crippen LogP contribution in [0.15, 0.2) is 25.3 Å². The second-order valence-corrected chi connectivity index (χ2v) is 9.45. The van der Waals surface area contributed by atoms with E-state index in [1.165, 1.54) is 12.8 Å². The van der Waals surface area contributed by atoms with Crippen molar-refractivity contribution in [2.24, 2.45) is 0 Å². The zero-order valence-electron chi connectivity index (χ0n) is 18.0. The van der Waals surface area contributed by atoms with E-state index < -0.39 is 11.6 Å². The summed E-state index contributed by atoms with van der Waals surface area (Å²) in [7, 11) is 0. The molecule has 5 rings (SSSR count). The molecular weight excluding hydrogens is 384 g/mol. The van der Waals surface area contributed by atoms with Gasteiger partial charge in [0.1, 0.15) is 36.6 Å². The first-order chi connectivity index (χ1) is 14.7. The lowest BCUT2D eigenvalue weighted by Crippen LogP contribution is -2.63. The van der Waals surface area contributed by atoms with Crippen LogP contribution < -0.4 is 0 Å². The van der Waals surface area contributed by atoms with Gasteiger partial charge in [-0.3, -0.25) is 0 Å². The first kappa shape index (κ1) is 21.1. The average Bonchev–Trinajstić information content (AvgIpc) is 3.30. The highest BCUT2D eigenvalue weighted by atomic mass is 16.8. The largest absolute Gasteiger partial charge is 0.369 e. The number of fused-ring (bicyclic) bond motifs is 2.